The van der Waals surface area contributed by atoms with Crippen LogP contribution in [0.1, 0.15) is 16.1 Å². The van der Waals surface area contributed by atoms with Crippen molar-refractivity contribution >= 4 is 39.1 Å². The predicted molar refractivity (Wildman–Crippen MR) is 68.3 cm³/mol. The summed E-state index contributed by atoms with van der Waals surface area (Å²) >= 11 is 9.12. The first-order chi connectivity index (χ1) is 8.08. The Morgan fingerprint density at radius 2 is 2.29 bits per heavy atom. The summed E-state index contributed by atoms with van der Waals surface area (Å²) in [5, 5.41) is 6.84. The largest absolute Gasteiger partial charge is 0.351 e. The molecule has 0 fully saturated rings. The summed E-state index contributed by atoms with van der Waals surface area (Å²) in [6.07, 6.45) is 1.49. The molecule has 0 radical (unpaired) electrons. The number of aryl methyl sites for hydroxylation is 1. The summed E-state index contributed by atoms with van der Waals surface area (Å²) in [5.41, 5.74) is 1.31. The van der Waals surface area contributed by atoms with Gasteiger partial charge in [-0.25, -0.2) is 0 Å². The molecule has 0 aliphatic rings. The summed E-state index contributed by atoms with van der Waals surface area (Å²) in [4.78, 5) is 11.8. The van der Waals surface area contributed by atoms with Crippen LogP contribution in [0, 0.1) is 6.92 Å². The van der Waals surface area contributed by atoms with Gasteiger partial charge in [0.05, 0.1) is 11.9 Å². The molecule has 0 unspecified atom stereocenters. The number of nitrogens with zero attached hydrogens (tertiary/aromatic N) is 1. The second kappa shape index (κ2) is 4.89. The van der Waals surface area contributed by atoms with Gasteiger partial charge in [-0.2, -0.15) is 0 Å². The second-order valence-electron chi connectivity index (χ2n) is 3.42. The molecule has 0 bridgehead atoms. The van der Waals surface area contributed by atoms with Crippen LogP contribution < -0.4 is 5.32 Å². The summed E-state index contributed by atoms with van der Waals surface area (Å²) in [5.74, 6) is -0.144. The highest BCUT2D eigenvalue weighted by Crippen LogP contribution is 2.26. The highest BCUT2D eigenvalue weighted by molar-refractivity contribution is 9.10. The van der Waals surface area contributed by atoms with E-state index in [2.05, 4.69) is 26.4 Å². The molecular weight excluding hydrogens is 307 g/mol. The first kappa shape index (κ1) is 12.1. The Morgan fingerprint density at radius 1 is 1.53 bits per heavy atom. The smallest absolute Gasteiger partial charge is 0.294 e. The molecular formula is C11H8BrClN2O2. The third kappa shape index (κ3) is 2.68. The molecule has 1 amide bonds. The minimum atomic E-state index is -0.344. The van der Waals surface area contributed by atoms with Gasteiger partial charge in [0.25, 0.3) is 5.91 Å². The van der Waals surface area contributed by atoms with Crippen molar-refractivity contribution in [2.75, 3.05) is 5.32 Å². The van der Waals surface area contributed by atoms with Crippen molar-refractivity contribution in [3.8, 4) is 0 Å². The van der Waals surface area contributed by atoms with Gasteiger partial charge < -0.3 is 9.84 Å². The molecule has 1 aromatic heterocycles. The Kier molecular flexibility index (Phi) is 3.49. The topological polar surface area (TPSA) is 55.1 Å². The third-order valence-corrected chi connectivity index (χ3v) is 3.03. The van der Waals surface area contributed by atoms with Crippen molar-refractivity contribution in [2.45, 2.75) is 6.92 Å². The Morgan fingerprint density at radius 3 is 2.88 bits per heavy atom. The van der Waals surface area contributed by atoms with Crippen molar-refractivity contribution in [2.24, 2.45) is 0 Å². The molecule has 88 valence electrons. The van der Waals surface area contributed by atoms with Gasteiger partial charge in [-0.05, 0) is 41.1 Å². The average Bonchev–Trinajstić information content (AvgIpc) is 2.68. The minimum absolute atomic E-state index is 0.201. The number of hydrogen-bond acceptors (Lipinski definition) is 3. The van der Waals surface area contributed by atoms with E-state index in [0.717, 1.165) is 0 Å². The Balaban J connectivity index is 2.22. The lowest BCUT2D eigenvalue weighted by molar-refractivity contribution is 0.0987. The molecule has 2 aromatic rings. The SMILES string of the molecule is Cc1cnoc1C(=O)Nc1ccc(Cl)cc1Br. The van der Waals surface area contributed by atoms with Crippen molar-refractivity contribution in [1.29, 1.82) is 0 Å². The standard InChI is InChI=1S/C11H8BrClN2O2/c1-6-5-14-17-10(6)11(16)15-9-3-2-7(13)4-8(9)12/h2-5H,1H3,(H,15,16). The molecule has 17 heavy (non-hydrogen) atoms. The van der Waals surface area contributed by atoms with E-state index in [1.807, 2.05) is 0 Å². The van der Waals surface area contributed by atoms with Gasteiger partial charge >= 0.3 is 0 Å². The zero-order valence-corrected chi connectivity index (χ0v) is 11.2. The lowest BCUT2D eigenvalue weighted by Crippen LogP contribution is -2.12. The second-order valence-corrected chi connectivity index (χ2v) is 4.71. The van der Waals surface area contributed by atoms with E-state index in [4.69, 9.17) is 16.1 Å². The van der Waals surface area contributed by atoms with Crippen molar-refractivity contribution < 1.29 is 9.32 Å². The van der Waals surface area contributed by atoms with Gasteiger partial charge in [-0.15, -0.1) is 0 Å². The van der Waals surface area contributed by atoms with E-state index in [0.29, 0.717) is 20.7 Å². The van der Waals surface area contributed by atoms with Crippen LogP contribution in [0.4, 0.5) is 5.69 Å². The molecule has 1 N–H and O–H groups in total. The number of halogens is 2. The molecule has 0 aliphatic heterocycles. The quantitative estimate of drug-likeness (QED) is 0.920. The maximum absolute atomic E-state index is 11.8. The summed E-state index contributed by atoms with van der Waals surface area (Å²) < 4.78 is 5.56. The lowest BCUT2D eigenvalue weighted by Gasteiger charge is -2.06. The molecule has 0 saturated carbocycles. The number of carbonyl (C=O) groups excluding carboxylic acids is 1. The Bertz CT molecular complexity index is 568. The van der Waals surface area contributed by atoms with Gasteiger partial charge in [0.2, 0.25) is 5.76 Å². The van der Waals surface area contributed by atoms with E-state index < -0.39 is 0 Å². The van der Waals surface area contributed by atoms with Crippen LogP contribution in [0.5, 0.6) is 0 Å². The van der Waals surface area contributed by atoms with Crippen LogP contribution in [0.25, 0.3) is 0 Å². The van der Waals surface area contributed by atoms with Crippen LogP contribution in [0.3, 0.4) is 0 Å². The average molecular weight is 316 g/mol. The number of aromatic nitrogens is 1. The number of amides is 1. The van der Waals surface area contributed by atoms with E-state index in [9.17, 15) is 4.79 Å². The van der Waals surface area contributed by atoms with Gasteiger partial charge in [0.15, 0.2) is 0 Å². The van der Waals surface area contributed by atoms with E-state index in [1.165, 1.54) is 6.20 Å². The number of carbonyl (C=O) groups is 1. The Labute approximate surface area is 111 Å². The van der Waals surface area contributed by atoms with Gasteiger partial charge in [-0.1, -0.05) is 16.8 Å². The highest BCUT2D eigenvalue weighted by Gasteiger charge is 2.15. The summed E-state index contributed by atoms with van der Waals surface area (Å²) in [6.45, 7) is 1.75. The fraction of sp³-hybridized carbons (Fsp3) is 0.0909. The first-order valence-corrected chi connectivity index (χ1v) is 5.92. The molecule has 6 heteroatoms. The molecule has 4 nitrogen and oxygen atoms in total. The summed E-state index contributed by atoms with van der Waals surface area (Å²) in [6, 6.07) is 5.09. The maximum Gasteiger partial charge on any atom is 0.294 e. The van der Waals surface area contributed by atoms with Crippen LogP contribution >= 0.6 is 27.5 Å². The molecule has 0 aliphatic carbocycles. The molecule has 1 heterocycles. The number of benzene rings is 1. The minimum Gasteiger partial charge on any atom is -0.351 e. The fourth-order valence-electron chi connectivity index (χ4n) is 1.28. The number of rotatable bonds is 2. The zero-order valence-electron chi connectivity index (χ0n) is 8.83. The molecule has 0 saturated heterocycles. The van der Waals surface area contributed by atoms with Gasteiger partial charge in [0.1, 0.15) is 0 Å². The van der Waals surface area contributed by atoms with Crippen LogP contribution in [0.2, 0.25) is 5.02 Å². The normalized spacial score (nSPS) is 10.3. The van der Waals surface area contributed by atoms with Crippen molar-refractivity contribution in [3.05, 3.63) is 45.2 Å². The van der Waals surface area contributed by atoms with Crippen LogP contribution in [0.15, 0.2) is 33.4 Å². The number of hydrogen-bond donors (Lipinski definition) is 1. The van der Waals surface area contributed by atoms with E-state index >= 15 is 0 Å². The van der Waals surface area contributed by atoms with Gasteiger partial charge in [0, 0.05) is 15.1 Å². The van der Waals surface area contributed by atoms with Crippen molar-refractivity contribution in [3.63, 3.8) is 0 Å². The lowest BCUT2D eigenvalue weighted by atomic mass is 10.2. The van der Waals surface area contributed by atoms with Crippen LogP contribution in [-0.2, 0) is 0 Å². The Hall–Kier alpha value is -1.33. The first-order valence-electron chi connectivity index (χ1n) is 4.75. The fourth-order valence-corrected chi connectivity index (χ4v) is 2.06. The van der Waals surface area contributed by atoms with Crippen LogP contribution in [-0.4, -0.2) is 11.1 Å². The monoisotopic (exact) mass is 314 g/mol. The van der Waals surface area contributed by atoms with Crippen molar-refractivity contribution in [1.82, 2.24) is 5.16 Å². The van der Waals surface area contributed by atoms with E-state index in [-0.39, 0.29) is 11.7 Å². The maximum atomic E-state index is 11.8. The van der Waals surface area contributed by atoms with Gasteiger partial charge in [-0.3, -0.25) is 4.79 Å². The van der Waals surface area contributed by atoms with E-state index in [1.54, 1.807) is 25.1 Å². The number of anilines is 1. The predicted octanol–water partition coefficient (Wildman–Crippen LogP) is 3.65. The third-order valence-electron chi connectivity index (χ3n) is 2.13. The number of nitrogens with one attached hydrogen (secondary N) is 1. The molecule has 0 atom stereocenters. The molecule has 2 rings (SSSR count). The summed E-state index contributed by atoms with van der Waals surface area (Å²) in [7, 11) is 0. The zero-order chi connectivity index (χ0) is 12.4. The molecule has 0 spiro atoms. The highest BCUT2D eigenvalue weighted by atomic mass is 79.9. The molecule has 1 aromatic carbocycles.